The zero-order valence-corrected chi connectivity index (χ0v) is 12.8. The summed E-state index contributed by atoms with van der Waals surface area (Å²) in [5.41, 5.74) is -0.381. The molecule has 1 aliphatic heterocycles. The maximum atomic E-state index is 10.6. The van der Waals surface area contributed by atoms with E-state index < -0.39 is 0 Å². The molecule has 0 bridgehead atoms. The largest absolute Gasteiger partial charge is 0.389 e. The second-order valence-corrected chi connectivity index (χ2v) is 7.10. The zero-order chi connectivity index (χ0) is 13.7. The monoisotopic (exact) mass is 268 g/mol. The highest BCUT2D eigenvalue weighted by molar-refractivity contribution is 4.91. The SMILES string of the molecule is CC(C)CNCC1CCCCN1CC1(O)CCCC1. The average molecular weight is 268 g/mol. The fourth-order valence-electron chi connectivity index (χ4n) is 3.61. The smallest absolute Gasteiger partial charge is 0.0774 e. The van der Waals surface area contributed by atoms with Crippen LogP contribution >= 0.6 is 0 Å². The van der Waals surface area contributed by atoms with Crippen molar-refractivity contribution in [1.82, 2.24) is 10.2 Å². The van der Waals surface area contributed by atoms with Gasteiger partial charge in [0.2, 0.25) is 0 Å². The average Bonchev–Trinajstić information content (AvgIpc) is 2.78. The van der Waals surface area contributed by atoms with E-state index in [2.05, 4.69) is 24.1 Å². The van der Waals surface area contributed by atoms with E-state index in [-0.39, 0.29) is 5.60 Å². The molecule has 0 radical (unpaired) electrons. The van der Waals surface area contributed by atoms with E-state index in [0.29, 0.717) is 6.04 Å². The maximum absolute atomic E-state index is 10.6. The van der Waals surface area contributed by atoms with Crippen molar-refractivity contribution in [3.05, 3.63) is 0 Å². The molecule has 1 aliphatic carbocycles. The molecule has 3 heteroatoms. The van der Waals surface area contributed by atoms with Gasteiger partial charge in [0, 0.05) is 19.1 Å². The lowest BCUT2D eigenvalue weighted by Gasteiger charge is -2.40. The topological polar surface area (TPSA) is 35.5 Å². The molecule has 0 amide bonds. The van der Waals surface area contributed by atoms with Gasteiger partial charge in [-0.1, -0.05) is 33.1 Å². The standard InChI is InChI=1S/C16H32N2O/c1-14(2)11-17-12-15-7-3-6-10-18(15)13-16(19)8-4-5-9-16/h14-15,17,19H,3-13H2,1-2H3. The van der Waals surface area contributed by atoms with Gasteiger partial charge >= 0.3 is 0 Å². The minimum absolute atomic E-state index is 0.381. The Morgan fingerprint density at radius 3 is 2.63 bits per heavy atom. The normalized spacial score (nSPS) is 28.1. The van der Waals surface area contributed by atoms with E-state index in [0.717, 1.165) is 38.4 Å². The molecule has 112 valence electrons. The first kappa shape index (κ1) is 15.3. The maximum Gasteiger partial charge on any atom is 0.0774 e. The summed E-state index contributed by atoms with van der Waals surface area (Å²) in [5.74, 6) is 0.719. The first-order valence-electron chi connectivity index (χ1n) is 8.26. The predicted molar refractivity (Wildman–Crippen MR) is 80.3 cm³/mol. The Labute approximate surface area is 118 Å². The number of hydrogen-bond acceptors (Lipinski definition) is 3. The van der Waals surface area contributed by atoms with Gasteiger partial charge in [-0.2, -0.15) is 0 Å². The summed E-state index contributed by atoms with van der Waals surface area (Å²) >= 11 is 0. The Morgan fingerprint density at radius 2 is 1.95 bits per heavy atom. The van der Waals surface area contributed by atoms with Crippen LogP contribution in [-0.2, 0) is 0 Å². The van der Waals surface area contributed by atoms with Crippen LogP contribution in [-0.4, -0.2) is 47.8 Å². The number of hydrogen-bond donors (Lipinski definition) is 2. The predicted octanol–water partition coefficient (Wildman–Crippen LogP) is 2.39. The number of β-amino-alcohol motifs (C(OH)–C–C–N with tert-alkyl or cyclic N) is 1. The zero-order valence-electron chi connectivity index (χ0n) is 12.8. The summed E-state index contributed by atoms with van der Waals surface area (Å²) in [6.45, 7) is 8.79. The molecule has 1 atom stereocenters. The molecule has 19 heavy (non-hydrogen) atoms. The third-order valence-corrected chi connectivity index (χ3v) is 4.71. The van der Waals surface area contributed by atoms with Crippen LogP contribution in [0.5, 0.6) is 0 Å². The molecule has 3 nitrogen and oxygen atoms in total. The number of nitrogens with zero attached hydrogens (tertiary/aromatic N) is 1. The Kier molecular flexibility index (Phi) is 5.67. The van der Waals surface area contributed by atoms with Crippen molar-refractivity contribution in [2.24, 2.45) is 5.92 Å². The lowest BCUT2D eigenvalue weighted by Crippen LogP contribution is -2.51. The van der Waals surface area contributed by atoms with Crippen LogP contribution in [0.15, 0.2) is 0 Å². The van der Waals surface area contributed by atoms with Crippen molar-refractivity contribution < 1.29 is 5.11 Å². The van der Waals surface area contributed by atoms with Crippen LogP contribution in [0.2, 0.25) is 0 Å². The fraction of sp³-hybridized carbons (Fsp3) is 1.00. The van der Waals surface area contributed by atoms with Crippen LogP contribution in [0.1, 0.15) is 58.8 Å². The Bertz CT molecular complexity index is 261. The first-order valence-corrected chi connectivity index (χ1v) is 8.26. The van der Waals surface area contributed by atoms with Crippen molar-refractivity contribution in [2.45, 2.75) is 70.4 Å². The van der Waals surface area contributed by atoms with Gasteiger partial charge in [-0.05, 0) is 44.7 Å². The van der Waals surface area contributed by atoms with Crippen molar-refractivity contribution in [1.29, 1.82) is 0 Å². The summed E-state index contributed by atoms with van der Waals surface area (Å²) in [6.07, 6.45) is 8.38. The van der Waals surface area contributed by atoms with Gasteiger partial charge in [0.15, 0.2) is 0 Å². The molecule has 1 unspecified atom stereocenters. The summed E-state index contributed by atoms with van der Waals surface area (Å²) in [5, 5.41) is 14.2. The van der Waals surface area contributed by atoms with E-state index in [9.17, 15) is 5.11 Å². The summed E-state index contributed by atoms with van der Waals surface area (Å²) in [6, 6.07) is 0.636. The lowest BCUT2D eigenvalue weighted by atomic mass is 9.96. The van der Waals surface area contributed by atoms with Crippen LogP contribution in [0.3, 0.4) is 0 Å². The minimum atomic E-state index is -0.381. The molecule has 2 aliphatic rings. The van der Waals surface area contributed by atoms with E-state index in [1.807, 2.05) is 0 Å². The molecule has 1 saturated heterocycles. The van der Waals surface area contributed by atoms with Gasteiger partial charge in [0.05, 0.1) is 5.60 Å². The molecule has 0 aromatic rings. The van der Waals surface area contributed by atoms with Gasteiger partial charge < -0.3 is 10.4 Å². The van der Waals surface area contributed by atoms with Crippen LogP contribution in [0.25, 0.3) is 0 Å². The summed E-state index contributed by atoms with van der Waals surface area (Å²) < 4.78 is 0. The number of likely N-dealkylation sites (tertiary alicyclic amines) is 1. The molecule has 1 saturated carbocycles. The van der Waals surface area contributed by atoms with Crippen LogP contribution in [0.4, 0.5) is 0 Å². The number of nitrogens with one attached hydrogen (secondary N) is 1. The molecule has 0 spiro atoms. The molecule has 2 rings (SSSR count). The van der Waals surface area contributed by atoms with E-state index in [1.54, 1.807) is 0 Å². The van der Waals surface area contributed by atoms with Crippen molar-refractivity contribution in [3.8, 4) is 0 Å². The summed E-state index contributed by atoms with van der Waals surface area (Å²) in [4.78, 5) is 2.56. The fourth-order valence-corrected chi connectivity index (χ4v) is 3.61. The molecule has 0 aromatic heterocycles. The van der Waals surface area contributed by atoms with Gasteiger partial charge in [-0.15, -0.1) is 0 Å². The molecule has 1 heterocycles. The highest BCUT2D eigenvalue weighted by Gasteiger charge is 2.35. The van der Waals surface area contributed by atoms with Crippen molar-refractivity contribution in [3.63, 3.8) is 0 Å². The molecule has 2 N–H and O–H groups in total. The van der Waals surface area contributed by atoms with Gasteiger partial charge in [-0.25, -0.2) is 0 Å². The molecular formula is C16H32N2O. The van der Waals surface area contributed by atoms with Crippen LogP contribution in [0, 0.1) is 5.92 Å². The molecule has 2 fully saturated rings. The first-order chi connectivity index (χ1) is 9.09. The Morgan fingerprint density at radius 1 is 1.21 bits per heavy atom. The Balaban J connectivity index is 1.81. The van der Waals surface area contributed by atoms with E-state index >= 15 is 0 Å². The lowest BCUT2D eigenvalue weighted by molar-refractivity contribution is -0.0119. The van der Waals surface area contributed by atoms with Crippen molar-refractivity contribution in [2.75, 3.05) is 26.2 Å². The Hall–Kier alpha value is -0.120. The second-order valence-electron chi connectivity index (χ2n) is 7.10. The third kappa shape index (κ3) is 4.73. The van der Waals surface area contributed by atoms with E-state index in [4.69, 9.17) is 0 Å². The molecular weight excluding hydrogens is 236 g/mol. The quantitative estimate of drug-likeness (QED) is 0.776. The number of aliphatic hydroxyl groups is 1. The number of rotatable bonds is 6. The van der Waals surface area contributed by atoms with Gasteiger partial charge in [-0.3, -0.25) is 4.90 Å². The van der Waals surface area contributed by atoms with Crippen molar-refractivity contribution >= 4 is 0 Å². The van der Waals surface area contributed by atoms with E-state index in [1.165, 1.54) is 38.6 Å². The minimum Gasteiger partial charge on any atom is -0.389 e. The van der Waals surface area contributed by atoms with Gasteiger partial charge in [0.25, 0.3) is 0 Å². The van der Waals surface area contributed by atoms with Crippen LogP contribution < -0.4 is 5.32 Å². The van der Waals surface area contributed by atoms with Gasteiger partial charge in [0.1, 0.15) is 0 Å². The highest BCUT2D eigenvalue weighted by Crippen LogP contribution is 2.32. The number of piperidine rings is 1. The summed E-state index contributed by atoms with van der Waals surface area (Å²) in [7, 11) is 0. The second kappa shape index (κ2) is 7.05. The third-order valence-electron chi connectivity index (χ3n) is 4.71. The molecule has 0 aromatic carbocycles. The highest BCUT2D eigenvalue weighted by atomic mass is 16.3.